The van der Waals surface area contributed by atoms with Crippen LogP contribution in [0.25, 0.3) is 0 Å². The van der Waals surface area contributed by atoms with Crippen molar-refractivity contribution in [1.82, 2.24) is 0 Å². The molecule has 0 saturated carbocycles. The molecule has 0 aliphatic heterocycles. The average molecular weight is 236 g/mol. The van der Waals surface area contributed by atoms with E-state index in [0.29, 0.717) is 12.8 Å². The van der Waals surface area contributed by atoms with Crippen LogP contribution in [0, 0.1) is 0 Å². The maximum Gasteiger partial charge on any atom is 0.168 e. The van der Waals surface area contributed by atoms with E-state index in [2.05, 4.69) is 0 Å². The number of benzene rings is 1. The molecule has 0 bridgehead atoms. The van der Waals surface area contributed by atoms with Crippen molar-refractivity contribution in [3.8, 4) is 5.75 Å². The van der Waals surface area contributed by atoms with Crippen LogP contribution in [0.5, 0.6) is 5.75 Å². The lowest BCUT2D eigenvalue weighted by Crippen LogP contribution is -2.37. The van der Waals surface area contributed by atoms with Crippen LogP contribution < -0.4 is 4.74 Å². The molecule has 1 aromatic carbocycles. The Hall–Kier alpha value is -1.35. The number of hydrogen-bond donors (Lipinski definition) is 0. The summed E-state index contributed by atoms with van der Waals surface area (Å²) in [4.78, 5) is 12.2. The minimum Gasteiger partial charge on any atom is -0.496 e. The topological polar surface area (TPSA) is 35.5 Å². The van der Waals surface area contributed by atoms with Crippen molar-refractivity contribution in [3.63, 3.8) is 0 Å². The first-order valence-electron chi connectivity index (χ1n) is 5.77. The van der Waals surface area contributed by atoms with Gasteiger partial charge in [-0.2, -0.15) is 0 Å². The molecule has 0 spiro atoms. The van der Waals surface area contributed by atoms with Crippen molar-refractivity contribution in [2.75, 3.05) is 14.2 Å². The predicted molar refractivity (Wildman–Crippen MR) is 67.4 cm³/mol. The number of carbonyl (C=O) groups is 1. The Morgan fingerprint density at radius 3 is 2.47 bits per heavy atom. The number of methoxy groups -OCH3 is 2. The number of rotatable bonds is 6. The van der Waals surface area contributed by atoms with Gasteiger partial charge in [0.15, 0.2) is 5.78 Å². The van der Waals surface area contributed by atoms with Gasteiger partial charge < -0.3 is 9.47 Å². The van der Waals surface area contributed by atoms with E-state index in [9.17, 15) is 4.79 Å². The van der Waals surface area contributed by atoms with Crippen molar-refractivity contribution in [3.05, 3.63) is 29.8 Å². The van der Waals surface area contributed by atoms with Gasteiger partial charge in [0.2, 0.25) is 0 Å². The highest BCUT2D eigenvalue weighted by molar-refractivity contribution is 5.89. The molecule has 3 nitrogen and oxygen atoms in total. The van der Waals surface area contributed by atoms with Crippen molar-refractivity contribution >= 4 is 5.78 Å². The second-order valence-electron chi connectivity index (χ2n) is 4.20. The van der Waals surface area contributed by atoms with Gasteiger partial charge in [0.25, 0.3) is 0 Å². The number of hydrogen-bond acceptors (Lipinski definition) is 3. The molecule has 0 fully saturated rings. The highest BCUT2D eigenvalue weighted by atomic mass is 16.5. The van der Waals surface area contributed by atoms with Gasteiger partial charge in [-0.05, 0) is 19.4 Å². The first kappa shape index (κ1) is 13.7. The quantitative estimate of drug-likeness (QED) is 0.761. The van der Waals surface area contributed by atoms with Crippen LogP contribution >= 0.6 is 0 Å². The summed E-state index contributed by atoms with van der Waals surface area (Å²) in [5.74, 6) is 0.822. The lowest BCUT2D eigenvalue weighted by atomic mass is 9.92. The number of Topliss-reactive ketones (excluding diaryl/α,β-unsaturated/α-hetero) is 1. The molecule has 0 aliphatic rings. The third-order valence-electron chi connectivity index (χ3n) is 3.26. The second-order valence-corrected chi connectivity index (χ2v) is 4.20. The Morgan fingerprint density at radius 1 is 1.29 bits per heavy atom. The molecule has 0 aliphatic carbocycles. The molecule has 0 radical (unpaired) electrons. The zero-order valence-corrected chi connectivity index (χ0v) is 10.9. The molecule has 0 N–H and O–H groups in total. The van der Waals surface area contributed by atoms with E-state index >= 15 is 0 Å². The van der Waals surface area contributed by atoms with E-state index in [4.69, 9.17) is 9.47 Å². The normalized spacial score (nSPS) is 14.1. The minimum absolute atomic E-state index is 0.0759. The van der Waals surface area contributed by atoms with Gasteiger partial charge in [-0.1, -0.05) is 25.1 Å². The van der Waals surface area contributed by atoms with E-state index in [1.54, 1.807) is 14.2 Å². The van der Waals surface area contributed by atoms with Crippen molar-refractivity contribution < 1.29 is 14.3 Å². The van der Waals surface area contributed by atoms with Crippen LogP contribution in [0.4, 0.5) is 0 Å². The summed E-state index contributed by atoms with van der Waals surface area (Å²) >= 11 is 0. The average Bonchev–Trinajstić information content (AvgIpc) is 2.38. The smallest absolute Gasteiger partial charge is 0.168 e. The summed E-state index contributed by atoms with van der Waals surface area (Å²) in [7, 11) is 3.18. The molecular formula is C14H20O3. The Balaban J connectivity index is 2.87. The first-order chi connectivity index (χ1) is 8.07. The van der Waals surface area contributed by atoms with Gasteiger partial charge in [0.05, 0.1) is 7.11 Å². The SMILES string of the molecule is CCC(C)(OC)C(=O)Cc1ccccc1OC. The van der Waals surface area contributed by atoms with Crippen molar-refractivity contribution in [2.45, 2.75) is 32.3 Å². The predicted octanol–water partition coefficient (Wildman–Crippen LogP) is 2.62. The van der Waals surface area contributed by atoms with Crippen LogP contribution in [0.3, 0.4) is 0 Å². The van der Waals surface area contributed by atoms with Crippen LogP contribution in [0.2, 0.25) is 0 Å². The molecule has 1 rings (SSSR count). The van der Waals surface area contributed by atoms with Crippen molar-refractivity contribution in [1.29, 1.82) is 0 Å². The minimum atomic E-state index is -0.707. The second kappa shape index (κ2) is 5.82. The van der Waals surface area contributed by atoms with E-state index in [1.165, 1.54) is 0 Å². The monoisotopic (exact) mass is 236 g/mol. The zero-order valence-electron chi connectivity index (χ0n) is 10.9. The summed E-state index contributed by atoms with van der Waals surface area (Å²) in [6.45, 7) is 3.77. The highest BCUT2D eigenvalue weighted by Crippen LogP contribution is 2.23. The van der Waals surface area contributed by atoms with E-state index < -0.39 is 5.60 Å². The Bertz CT molecular complexity index is 381. The molecular weight excluding hydrogens is 216 g/mol. The van der Waals surface area contributed by atoms with Crippen LogP contribution in [0.1, 0.15) is 25.8 Å². The van der Waals surface area contributed by atoms with Crippen LogP contribution in [-0.4, -0.2) is 25.6 Å². The molecule has 3 heteroatoms. The summed E-state index contributed by atoms with van der Waals surface area (Å²) in [5.41, 5.74) is 0.192. The maximum atomic E-state index is 12.2. The summed E-state index contributed by atoms with van der Waals surface area (Å²) in [6, 6.07) is 7.56. The Morgan fingerprint density at radius 2 is 1.94 bits per heavy atom. The molecule has 1 unspecified atom stereocenters. The summed E-state index contributed by atoms with van der Waals surface area (Å²) in [6.07, 6.45) is 1.000. The highest BCUT2D eigenvalue weighted by Gasteiger charge is 2.30. The maximum absolute atomic E-state index is 12.2. The zero-order chi connectivity index (χ0) is 12.9. The molecule has 0 heterocycles. The Kier molecular flexibility index (Phi) is 4.70. The largest absolute Gasteiger partial charge is 0.496 e. The summed E-state index contributed by atoms with van der Waals surface area (Å²) < 4.78 is 10.5. The van der Waals surface area contributed by atoms with Crippen LogP contribution in [-0.2, 0) is 16.0 Å². The third kappa shape index (κ3) is 3.07. The van der Waals surface area contributed by atoms with E-state index in [1.807, 2.05) is 38.1 Å². The fourth-order valence-electron chi connectivity index (χ4n) is 1.66. The lowest BCUT2D eigenvalue weighted by Gasteiger charge is -2.25. The molecule has 1 aromatic rings. The van der Waals surface area contributed by atoms with E-state index in [0.717, 1.165) is 11.3 Å². The molecule has 0 aromatic heterocycles. The van der Waals surface area contributed by atoms with Crippen molar-refractivity contribution in [2.24, 2.45) is 0 Å². The molecule has 17 heavy (non-hydrogen) atoms. The number of ether oxygens (including phenoxy) is 2. The summed E-state index contributed by atoms with van der Waals surface area (Å²) in [5, 5.41) is 0. The lowest BCUT2D eigenvalue weighted by molar-refractivity contribution is -0.138. The van der Waals surface area contributed by atoms with Gasteiger partial charge in [-0.3, -0.25) is 4.79 Å². The number of ketones is 1. The Labute approximate surface area is 103 Å². The number of para-hydroxylation sites is 1. The van der Waals surface area contributed by atoms with E-state index in [-0.39, 0.29) is 5.78 Å². The fourth-order valence-corrected chi connectivity index (χ4v) is 1.66. The van der Waals surface area contributed by atoms with Gasteiger partial charge in [0, 0.05) is 19.1 Å². The standard InChI is InChI=1S/C14H20O3/c1-5-14(2,17-4)13(15)10-11-8-6-7-9-12(11)16-3/h6-9H,5,10H2,1-4H3. The van der Waals surface area contributed by atoms with Gasteiger partial charge in [-0.25, -0.2) is 0 Å². The van der Waals surface area contributed by atoms with Gasteiger partial charge >= 0.3 is 0 Å². The molecule has 94 valence electrons. The van der Waals surface area contributed by atoms with Gasteiger partial charge in [-0.15, -0.1) is 0 Å². The third-order valence-corrected chi connectivity index (χ3v) is 3.26. The van der Waals surface area contributed by atoms with Crippen LogP contribution in [0.15, 0.2) is 24.3 Å². The molecule has 0 saturated heterocycles. The fraction of sp³-hybridized carbons (Fsp3) is 0.500. The molecule has 1 atom stereocenters. The van der Waals surface area contributed by atoms with Gasteiger partial charge in [0.1, 0.15) is 11.4 Å². The first-order valence-corrected chi connectivity index (χ1v) is 5.77. The number of carbonyl (C=O) groups excluding carboxylic acids is 1. The molecule has 0 amide bonds.